The fraction of sp³-hybridized carbons (Fsp3) is 0.194. The maximum absolute atomic E-state index is 9.86. The van der Waals surface area contributed by atoms with Gasteiger partial charge in [0.1, 0.15) is 0 Å². The van der Waals surface area contributed by atoms with Crippen molar-refractivity contribution >= 4 is 78.0 Å². The molecule has 0 atom stereocenters. The summed E-state index contributed by atoms with van der Waals surface area (Å²) in [6.45, 7) is 3.26. The van der Waals surface area contributed by atoms with Crippen molar-refractivity contribution in [3.63, 3.8) is 0 Å². The van der Waals surface area contributed by atoms with Crippen molar-refractivity contribution in [3.05, 3.63) is 92.2 Å². The van der Waals surface area contributed by atoms with E-state index in [1.165, 1.54) is 57.3 Å². The van der Waals surface area contributed by atoms with E-state index in [0.29, 0.717) is 5.57 Å². The van der Waals surface area contributed by atoms with Crippen LogP contribution in [0.15, 0.2) is 90.8 Å². The molecule has 1 aliphatic rings. The molecule has 0 saturated heterocycles. The smallest absolute Gasteiger partial charge is 0.0998 e. The van der Waals surface area contributed by atoms with Crippen LogP contribution in [0.5, 0.6) is 0 Å². The van der Waals surface area contributed by atoms with Crippen LogP contribution in [0.4, 0.5) is 11.4 Å². The third kappa shape index (κ3) is 6.07. The van der Waals surface area contributed by atoms with Gasteiger partial charge in [-0.2, -0.15) is 5.26 Å². The molecule has 186 valence electrons. The summed E-state index contributed by atoms with van der Waals surface area (Å²) in [7, 11) is 0. The molecule has 37 heavy (non-hydrogen) atoms. The van der Waals surface area contributed by atoms with Crippen molar-refractivity contribution in [1.29, 1.82) is 5.26 Å². The summed E-state index contributed by atoms with van der Waals surface area (Å²) in [6.07, 6.45) is 6.90. The van der Waals surface area contributed by atoms with Crippen LogP contribution in [0.1, 0.15) is 43.7 Å². The Kier molecular flexibility index (Phi) is 8.56. The van der Waals surface area contributed by atoms with Crippen LogP contribution in [0.2, 0.25) is 0 Å². The molecule has 4 aromatic rings. The number of nitriles is 1. The van der Waals surface area contributed by atoms with Crippen LogP contribution >= 0.6 is 55.0 Å². The number of halogens is 2. The van der Waals surface area contributed by atoms with Crippen LogP contribution < -0.4 is 4.90 Å². The first kappa shape index (κ1) is 26.3. The molecule has 1 aliphatic heterocycles. The van der Waals surface area contributed by atoms with Gasteiger partial charge < -0.3 is 4.90 Å². The Morgan fingerprint density at radius 3 is 2.35 bits per heavy atom. The number of unbranched alkanes of at least 4 members (excludes halogenated alkanes) is 3. The second-order valence-corrected chi connectivity index (χ2v) is 13.5. The summed E-state index contributed by atoms with van der Waals surface area (Å²) in [4.78, 5) is 6.26. The van der Waals surface area contributed by atoms with E-state index in [-0.39, 0.29) is 0 Å². The van der Waals surface area contributed by atoms with E-state index in [0.717, 1.165) is 25.9 Å². The lowest BCUT2D eigenvalue weighted by atomic mass is 10.0. The second kappa shape index (κ2) is 12.0. The third-order valence-corrected chi connectivity index (χ3v) is 9.72. The quantitative estimate of drug-likeness (QED) is 0.108. The number of hydrogen-bond acceptors (Lipinski definition) is 4. The van der Waals surface area contributed by atoms with Crippen LogP contribution in [-0.2, 0) is 0 Å². The average molecular weight is 651 g/mol. The van der Waals surface area contributed by atoms with Crippen molar-refractivity contribution in [2.45, 2.75) is 42.4 Å². The molecule has 2 nitrogen and oxygen atoms in total. The maximum atomic E-state index is 9.86. The molecule has 0 unspecified atom stereocenters. The molecule has 0 saturated carbocycles. The van der Waals surface area contributed by atoms with Gasteiger partial charge in [-0.1, -0.05) is 78.1 Å². The van der Waals surface area contributed by atoms with Crippen molar-refractivity contribution in [2.24, 2.45) is 0 Å². The van der Waals surface area contributed by atoms with E-state index in [4.69, 9.17) is 0 Å². The van der Waals surface area contributed by atoms with E-state index in [1.807, 2.05) is 42.1 Å². The standard InChI is InChI=1S/C31H26Br2N2S2/c1-2-3-4-5-16-35-26-12-6-21(17-24(20-34)22-7-10-25(32)11-8-22)18-29(26)36-30-19-23(9-13-27(30)35)28-14-15-31(33)37-28/h6-15,17-19H,2-5,16H2,1H3/b24-17+. The van der Waals surface area contributed by atoms with Crippen molar-refractivity contribution in [3.8, 4) is 16.5 Å². The van der Waals surface area contributed by atoms with Crippen LogP contribution in [-0.4, -0.2) is 6.54 Å². The van der Waals surface area contributed by atoms with Gasteiger partial charge in [-0.05, 0) is 93.6 Å². The number of nitrogens with zero attached hydrogens (tertiary/aromatic N) is 2. The molecule has 0 radical (unpaired) electrons. The van der Waals surface area contributed by atoms with Crippen LogP contribution in [0.25, 0.3) is 22.1 Å². The first-order chi connectivity index (χ1) is 18.1. The van der Waals surface area contributed by atoms with Gasteiger partial charge in [-0.15, -0.1) is 11.3 Å². The minimum atomic E-state index is 0.663. The lowest BCUT2D eigenvalue weighted by molar-refractivity contribution is 0.666. The van der Waals surface area contributed by atoms with E-state index in [2.05, 4.69) is 98.3 Å². The zero-order valence-electron chi connectivity index (χ0n) is 20.5. The summed E-state index contributed by atoms with van der Waals surface area (Å²) in [5, 5.41) is 9.86. The van der Waals surface area contributed by atoms with Gasteiger partial charge in [0.2, 0.25) is 0 Å². The van der Waals surface area contributed by atoms with Crippen molar-refractivity contribution < 1.29 is 0 Å². The Labute approximate surface area is 244 Å². The van der Waals surface area contributed by atoms with Gasteiger partial charge in [0.25, 0.3) is 0 Å². The highest BCUT2D eigenvalue weighted by atomic mass is 79.9. The van der Waals surface area contributed by atoms with Gasteiger partial charge in [0.15, 0.2) is 0 Å². The molecule has 0 amide bonds. The zero-order chi connectivity index (χ0) is 25.8. The molecule has 6 heteroatoms. The Morgan fingerprint density at radius 2 is 1.65 bits per heavy atom. The third-order valence-electron chi connectivity index (χ3n) is 6.42. The molecule has 3 aromatic carbocycles. The van der Waals surface area contributed by atoms with Crippen LogP contribution in [0, 0.1) is 11.3 Å². The highest BCUT2D eigenvalue weighted by molar-refractivity contribution is 9.11. The molecule has 5 rings (SSSR count). The number of hydrogen-bond donors (Lipinski definition) is 0. The molecule has 0 bridgehead atoms. The largest absolute Gasteiger partial charge is 0.340 e. The normalized spacial score (nSPS) is 12.7. The lowest BCUT2D eigenvalue weighted by Gasteiger charge is -2.33. The topological polar surface area (TPSA) is 27.0 Å². The number of fused-ring (bicyclic) bond motifs is 2. The maximum Gasteiger partial charge on any atom is 0.0998 e. The first-order valence-corrected chi connectivity index (χ1v) is 15.6. The highest BCUT2D eigenvalue weighted by Crippen LogP contribution is 2.50. The summed E-state index contributed by atoms with van der Waals surface area (Å²) in [6, 6.07) is 28.0. The summed E-state index contributed by atoms with van der Waals surface area (Å²) >= 11 is 10.7. The van der Waals surface area contributed by atoms with E-state index in [9.17, 15) is 5.26 Å². The molecule has 0 N–H and O–H groups in total. The van der Waals surface area contributed by atoms with Gasteiger partial charge >= 0.3 is 0 Å². The van der Waals surface area contributed by atoms with Gasteiger partial charge in [-0.25, -0.2) is 0 Å². The van der Waals surface area contributed by atoms with Gasteiger partial charge in [0, 0.05) is 25.7 Å². The Morgan fingerprint density at radius 1 is 0.892 bits per heavy atom. The Balaban J connectivity index is 1.51. The molecule has 0 fully saturated rings. The molecule has 0 spiro atoms. The number of thiophene rings is 1. The predicted octanol–water partition coefficient (Wildman–Crippen LogP) is 11.2. The number of allylic oxidation sites excluding steroid dienone is 1. The van der Waals surface area contributed by atoms with Gasteiger partial charge in [-0.3, -0.25) is 0 Å². The molecule has 0 aliphatic carbocycles. The average Bonchev–Trinajstić information content (AvgIpc) is 3.35. The SMILES string of the molecule is CCCCCCN1c2ccc(/C=C(\C#N)c3ccc(Br)cc3)cc2Sc2cc(-c3ccc(Br)s3)ccc21. The summed E-state index contributed by atoms with van der Waals surface area (Å²) in [5.41, 5.74) is 6.40. The van der Waals surface area contributed by atoms with E-state index >= 15 is 0 Å². The number of anilines is 2. The number of benzene rings is 3. The lowest BCUT2D eigenvalue weighted by Crippen LogP contribution is -2.22. The summed E-state index contributed by atoms with van der Waals surface area (Å²) < 4.78 is 2.15. The highest BCUT2D eigenvalue weighted by Gasteiger charge is 2.24. The minimum absolute atomic E-state index is 0.663. The second-order valence-electron chi connectivity index (χ2n) is 9.00. The fourth-order valence-corrected chi connectivity index (χ4v) is 7.36. The fourth-order valence-electron chi connectivity index (χ4n) is 4.53. The van der Waals surface area contributed by atoms with Crippen molar-refractivity contribution in [1.82, 2.24) is 0 Å². The van der Waals surface area contributed by atoms with E-state index < -0.39 is 0 Å². The van der Waals surface area contributed by atoms with Crippen LogP contribution in [0.3, 0.4) is 0 Å². The monoisotopic (exact) mass is 648 g/mol. The number of rotatable bonds is 8. The zero-order valence-corrected chi connectivity index (χ0v) is 25.3. The molecule has 2 heterocycles. The molecular formula is C31H26Br2N2S2. The van der Waals surface area contributed by atoms with Crippen molar-refractivity contribution in [2.75, 3.05) is 11.4 Å². The van der Waals surface area contributed by atoms with Gasteiger partial charge in [0.05, 0.1) is 26.8 Å². The molecular weight excluding hydrogens is 624 g/mol. The summed E-state index contributed by atoms with van der Waals surface area (Å²) in [5.74, 6) is 0. The first-order valence-electron chi connectivity index (χ1n) is 12.4. The minimum Gasteiger partial charge on any atom is -0.340 e. The Bertz CT molecular complexity index is 1480. The molecule has 1 aromatic heterocycles. The Hall–Kier alpha value is -2.30. The van der Waals surface area contributed by atoms with E-state index in [1.54, 1.807) is 11.3 Å². The predicted molar refractivity (Wildman–Crippen MR) is 167 cm³/mol.